The van der Waals surface area contributed by atoms with Crippen LogP contribution in [0.15, 0.2) is 59.4 Å². The SMILES string of the molecule is NC(=O)c1c(NC(=O)c2nn(Cc3ccccc3)c(=O)c3ccccc23)sc2c1CCCC2. The third-order valence-corrected chi connectivity index (χ3v) is 7.11. The van der Waals surface area contributed by atoms with Crippen molar-refractivity contribution in [1.82, 2.24) is 9.78 Å². The van der Waals surface area contributed by atoms with Gasteiger partial charge in [-0.2, -0.15) is 5.10 Å². The second-order valence-electron chi connectivity index (χ2n) is 8.08. The molecule has 2 aromatic carbocycles. The number of hydrogen-bond acceptors (Lipinski definition) is 5. The summed E-state index contributed by atoms with van der Waals surface area (Å²) in [6, 6.07) is 16.4. The smallest absolute Gasteiger partial charge is 0.277 e. The van der Waals surface area contributed by atoms with E-state index in [4.69, 9.17) is 5.73 Å². The summed E-state index contributed by atoms with van der Waals surface area (Å²) in [6.45, 7) is 0.241. The van der Waals surface area contributed by atoms with Crippen molar-refractivity contribution in [2.24, 2.45) is 5.73 Å². The molecule has 0 fully saturated rings. The van der Waals surface area contributed by atoms with Crippen LogP contribution in [-0.2, 0) is 19.4 Å². The zero-order valence-corrected chi connectivity index (χ0v) is 18.7. The monoisotopic (exact) mass is 458 g/mol. The normalized spacial score (nSPS) is 13.0. The lowest BCUT2D eigenvalue weighted by Crippen LogP contribution is -2.28. The van der Waals surface area contributed by atoms with Crippen LogP contribution in [0, 0.1) is 0 Å². The first-order chi connectivity index (χ1) is 16.0. The van der Waals surface area contributed by atoms with E-state index in [0.717, 1.165) is 41.7 Å². The first-order valence-electron chi connectivity index (χ1n) is 10.8. The highest BCUT2D eigenvalue weighted by Gasteiger charge is 2.26. The van der Waals surface area contributed by atoms with Gasteiger partial charge in [-0.3, -0.25) is 14.4 Å². The molecule has 0 radical (unpaired) electrons. The number of carbonyl (C=O) groups is 2. The number of carbonyl (C=O) groups excluding carboxylic acids is 2. The second kappa shape index (κ2) is 8.63. The number of hydrogen-bond donors (Lipinski definition) is 2. The number of benzene rings is 2. The van der Waals surface area contributed by atoms with Crippen LogP contribution in [0.25, 0.3) is 10.8 Å². The van der Waals surface area contributed by atoms with E-state index in [0.29, 0.717) is 21.3 Å². The molecule has 1 aliphatic rings. The second-order valence-corrected chi connectivity index (χ2v) is 9.18. The van der Waals surface area contributed by atoms with Gasteiger partial charge >= 0.3 is 0 Å². The fourth-order valence-electron chi connectivity index (χ4n) is 4.34. The minimum Gasteiger partial charge on any atom is -0.365 e. The molecule has 8 heteroatoms. The van der Waals surface area contributed by atoms with E-state index in [1.807, 2.05) is 30.3 Å². The van der Waals surface area contributed by atoms with Crippen LogP contribution >= 0.6 is 11.3 Å². The van der Waals surface area contributed by atoms with Crippen LogP contribution in [0.5, 0.6) is 0 Å². The molecule has 2 aromatic heterocycles. The lowest BCUT2D eigenvalue weighted by molar-refractivity contribution is 0.100. The van der Waals surface area contributed by atoms with Crippen LogP contribution in [0.2, 0.25) is 0 Å². The molecular formula is C25H22N4O3S. The topological polar surface area (TPSA) is 107 Å². The first kappa shape index (κ1) is 21.1. The number of rotatable bonds is 5. The zero-order chi connectivity index (χ0) is 22.9. The Morgan fingerprint density at radius 1 is 1.00 bits per heavy atom. The molecule has 0 atom stereocenters. The summed E-state index contributed by atoms with van der Waals surface area (Å²) < 4.78 is 1.31. The van der Waals surface area contributed by atoms with Gasteiger partial charge in [0, 0.05) is 10.3 Å². The molecule has 3 N–H and O–H groups in total. The minimum absolute atomic E-state index is 0.128. The van der Waals surface area contributed by atoms with Gasteiger partial charge in [0.25, 0.3) is 17.4 Å². The van der Waals surface area contributed by atoms with Gasteiger partial charge in [-0.1, -0.05) is 48.5 Å². The number of primary amides is 1. The predicted octanol–water partition coefficient (Wildman–Crippen LogP) is 3.74. The lowest BCUT2D eigenvalue weighted by atomic mass is 9.95. The van der Waals surface area contributed by atoms with Crippen molar-refractivity contribution in [2.75, 3.05) is 5.32 Å². The highest BCUT2D eigenvalue weighted by molar-refractivity contribution is 7.17. The van der Waals surface area contributed by atoms with Gasteiger partial charge in [-0.15, -0.1) is 11.3 Å². The minimum atomic E-state index is -0.545. The number of fused-ring (bicyclic) bond motifs is 2. The molecular weight excluding hydrogens is 436 g/mol. The Labute approximate surface area is 193 Å². The number of nitrogens with one attached hydrogen (secondary N) is 1. The maximum Gasteiger partial charge on any atom is 0.277 e. The van der Waals surface area contributed by atoms with Crippen molar-refractivity contribution in [3.05, 3.63) is 92.2 Å². The van der Waals surface area contributed by atoms with Crippen LogP contribution in [0.3, 0.4) is 0 Å². The van der Waals surface area contributed by atoms with Crippen molar-refractivity contribution in [3.63, 3.8) is 0 Å². The molecule has 166 valence electrons. The Morgan fingerprint density at radius 2 is 1.70 bits per heavy atom. The van der Waals surface area contributed by atoms with E-state index >= 15 is 0 Å². The molecule has 4 aromatic rings. The Kier molecular flexibility index (Phi) is 5.51. The van der Waals surface area contributed by atoms with Gasteiger partial charge in [-0.05, 0) is 42.9 Å². The Bertz CT molecular complexity index is 1440. The maximum absolute atomic E-state index is 13.4. The number of thiophene rings is 1. The Morgan fingerprint density at radius 3 is 2.45 bits per heavy atom. The molecule has 0 saturated carbocycles. The standard InChI is InChI=1S/C25H22N4O3S/c26-22(30)20-18-12-6-7-13-19(18)33-24(20)27-23(31)21-16-10-4-5-11-17(16)25(32)29(28-21)14-15-8-2-1-3-9-15/h1-5,8-11H,6-7,12-14H2,(H2,26,30)(H,27,31). The molecule has 1 aliphatic carbocycles. The Balaban J connectivity index is 1.58. The molecule has 0 bridgehead atoms. The van der Waals surface area contributed by atoms with E-state index in [-0.39, 0.29) is 17.8 Å². The highest BCUT2D eigenvalue weighted by atomic mass is 32.1. The average Bonchev–Trinajstić information content (AvgIpc) is 3.19. The molecule has 0 spiro atoms. The average molecular weight is 459 g/mol. The number of aromatic nitrogens is 2. The van der Waals surface area contributed by atoms with Crippen LogP contribution < -0.4 is 16.6 Å². The summed E-state index contributed by atoms with van der Waals surface area (Å²) in [5.41, 5.74) is 7.77. The number of amides is 2. The highest BCUT2D eigenvalue weighted by Crippen LogP contribution is 2.38. The number of nitrogens with zero attached hydrogens (tertiary/aromatic N) is 2. The van der Waals surface area contributed by atoms with E-state index < -0.39 is 11.8 Å². The summed E-state index contributed by atoms with van der Waals surface area (Å²) in [5, 5.41) is 8.62. The first-order valence-corrected chi connectivity index (χ1v) is 11.6. The van der Waals surface area contributed by atoms with Crippen LogP contribution in [0.1, 0.15) is 49.7 Å². The largest absolute Gasteiger partial charge is 0.365 e. The van der Waals surface area contributed by atoms with Gasteiger partial charge < -0.3 is 11.1 Å². The van der Waals surface area contributed by atoms with Crippen molar-refractivity contribution >= 4 is 38.9 Å². The van der Waals surface area contributed by atoms with E-state index in [1.165, 1.54) is 16.0 Å². The van der Waals surface area contributed by atoms with Crippen molar-refractivity contribution in [1.29, 1.82) is 0 Å². The fourth-order valence-corrected chi connectivity index (χ4v) is 5.63. The molecule has 0 unspecified atom stereocenters. The van der Waals surface area contributed by atoms with Crippen LogP contribution in [0.4, 0.5) is 5.00 Å². The van der Waals surface area contributed by atoms with E-state index in [9.17, 15) is 14.4 Å². The van der Waals surface area contributed by atoms with Crippen molar-refractivity contribution in [3.8, 4) is 0 Å². The van der Waals surface area contributed by atoms with Gasteiger partial charge in [-0.25, -0.2) is 4.68 Å². The molecule has 7 nitrogen and oxygen atoms in total. The molecule has 33 heavy (non-hydrogen) atoms. The van der Waals surface area contributed by atoms with Gasteiger partial charge in [0.1, 0.15) is 5.00 Å². The summed E-state index contributed by atoms with van der Waals surface area (Å²) in [6.07, 6.45) is 3.70. The third kappa shape index (κ3) is 3.93. The molecule has 2 amide bonds. The summed E-state index contributed by atoms with van der Waals surface area (Å²) in [5.74, 6) is -1.02. The van der Waals surface area contributed by atoms with Gasteiger partial charge in [0.2, 0.25) is 0 Å². The Hall–Kier alpha value is -3.78. The summed E-state index contributed by atoms with van der Waals surface area (Å²) in [4.78, 5) is 39.7. The number of aryl methyl sites for hydroxylation is 1. The summed E-state index contributed by atoms with van der Waals surface area (Å²) >= 11 is 1.40. The number of nitrogens with two attached hydrogens (primary N) is 1. The quantitative estimate of drug-likeness (QED) is 0.475. The third-order valence-electron chi connectivity index (χ3n) is 5.90. The predicted molar refractivity (Wildman–Crippen MR) is 129 cm³/mol. The van der Waals surface area contributed by atoms with Crippen molar-refractivity contribution in [2.45, 2.75) is 32.2 Å². The zero-order valence-electron chi connectivity index (χ0n) is 17.8. The molecule has 0 aliphatic heterocycles. The molecule has 5 rings (SSSR count). The van der Waals surface area contributed by atoms with Crippen LogP contribution in [-0.4, -0.2) is 21.6 Å². The van der Waals surface area contributed by atoms with Gasteiger partial charge in [0.05, 0.1) is 17.5 Å². The fraction of sp³-hybridized carbons (Fsp3) is 0.200. The van der Waals surface area contributed by atoms with Crippen molar-refractivity contribution < 1.29 is 9.59 Å². The maximum atomic E-state index is 13.4. The molecule has 2 heterocycles. The number of anilines is 1. The summed E-state index contributed by atoms with van der Waals surface area (Å²) in [7, 11) is 0. The molecule has 0 saturated heterocycles. The lowest BCUT2D eigenvalue weighted by Gasteiger charge is -2.12. The van der Waals surface area contributed by atoms with E-state index in [1.54, 1.807) is 24.3 Å². The van der Waals surface area contributed by atoms with E-state index in [2.05, 4.69) is 10.4 Å². The van der Waals surface area contributed by atoms with Gasteiger partial charge in [0.15, 0.2) is 5.69 Å².